The third-order valence-electron chi connectivity index (χ3n) is 3.61. The molecule has 0 aromatic heterocycles. The predicted octanol–water partition coefficient (Wildman–Crippen LogP) is 4.26. The maximum atomic E-state index is 3.51. The average Bonchev–Trinajstić information content (AvgIpc) is 2.22. The van der Waals surface area contributed by atoms with E-state index in [1.54, 1.807) is 0 Å². The number of rotatable bonds is 6. The SMILES string of the molecule is Cc1ccc(CC(C)(C)CCNC(C)C)cc1C. The molecule has 0 aliphatic rings. The van der Waals surface area contributed by atoms with Crippen molar-refractivity contribution in [3.8, 4) is 0 Å². The molecule has 1 heteroatoms. The van der Waals surface area contributed by atoms with E-state index >= 15 is 0 Å². The van der Waals surface area contributed by atoms with Gasteiger partial charge in [0.05, 0.1) is 0 Å². The van der Waals surface area contributed by atoms with Gasteiger partial charge in [0.1, 0.15) is 0 Å². The zero-order valence-corrected chi connectivity index (χ0v) is 12.9. The van der Waals surface area contributed by atoms with Gasteiger partial charge in [-0.25, -0.2) is 0 Å². The molecule has 0 saturated carbocycles. The molecule has 0 amide bonds. The normalized spacial score (nSPS) is 12.2. The van der Waals surface area contributed by atoms with Crippen LogP contribution in [0.5, 0.6) is 0 Å². The Morgan fingerprint density at radius 3 is 2.33 bits per heavy atom. The van der Waals surface area contributed by atoms with Crippen LogP contribution in [0, 0.1) is 19.3 Å². The Hall–Kier alpha value is -0.820. The van der Waals surface area contributed by atoms with Gasteiger partial charge in [-0.2, -0.15) is 0 Å². The highest BCUT2D eigenvalue weighted by Crippen LogP contribution is 2.26. The molecule has 0 saturated heterocycles. The Kier molecular flexibility index (Phi) is 5.40. The van der Waals surface area contributed by atoms with Crippen LogP contribution in [0.15, 0.2) is 18.2 Å². The van der Waals surface area contributed by atoms with Crippen LogP contribution in [-0.4, -0.2) is 12.6 Å². The molecule has 1 rings (SSSR count). The molecule has 0 radical (unpaired) electrons. The van der Waals surface area contributed by atoms with E-state index in [0.717, 1.165) is 13.0 Å². The Balaban J connectivity index is 2.55. The van der Waals surface area contributed by atoms with Crippen LogP contribution in [0.3, 0.4) is 0 Å². The van der Waals surface area contributed by atoms with E-state index in [-0.39, 0.29) is 0 Å². The number of hydrogen-bond acceptors (Lipinski definition) is 1. The lowest BCUT2D eigenvalue weighted by Gasteiger charge is -2.26. The fraction of sp³-hybridized carbons (Fsp3) is 0.647. The molecule has 1 N–H and O–H groups in total. The van der Waals surface area contributed by atoms with Gasteiger partial charge in [-0.3, -0.25) is 0 Å². The van der Waals surface area contributed by atoms with Crippen molar-refractivity contribution in [2.24, 2.45) is 5.41 Å². The van der Waals surface area contributed by atoms with Gasteiger partial charge in [0.15, 0.2) is 0 Å². The maximum absolute atomic E-state index is 3.51. The summed E-state index contributed by atoms with van der Waals surface area (Å²) in [6.07, 6.45) is 2.38. The first kappa shape index (κ1) is 15.2. The standard InChI is InChI=1S/C17H29N/c1-13(2)18-10-9-17(5,6)12-16-8-7-14(3)15(4)11-16/h7-8,11,13,18H,9-10,12H2,1-6H3. The van der Waals surface area contributed by atoms with Gasteiger partial charge in [0.25, 0.3) is 0 Å². The molecule has 18 heavy (non-hydrogen) atoms. The Labute approximate surface area is 113 Å². The summed E-state index contributed by atoms with van der Waals surface area (Å²) in [6, 6.07) is 7.45. The number of aryl methyl sites for hydroxylation is 2. The van der Waals surface area contributed by atoms with Crippen LogP contribution in [0.1, 0.15) is 50.8 Å². The molecule has 0 bridgehead atoms. The first-order valence-corrected chi connectivity index (χ1v) is 7.10. The highest BCUT2D eigenvalue weighted by molar-refractivity contribution is 5.30. The zero-order valence-electron chi connectivity index (χ0n) is 12.9. The third kappa shape index (κ3) is 5.22. The summed E-state index contributed by atoms with van der Waals surface area (Å²) in [4.78, 5) is 0. The molecule has 1 nitrogen and oxygen atoms in total. The van der Waals surface area contributed by atoms with Gasteiger partial charge in [-0.1, -0.05) is 45.9 Å². The van der Waals surface area contributed by atoms with Crippen molar-refractivity contribution in [2.75, 3.05) is 6.54 Å². The fourth-order valence-corrected chi connectivity index (χ4v) is 2.25. The summed E-state index contributed by atoms with van der Waals surface area (Å²) in [5.74, 6) is 0. The Morgan fingerprint density at radius 1 is 1.11 bits per heavy atom. The van der Waals surface area contributed by atoms with Crippen molar-refractivity contribution in [1.82, 2.24) is 5.32 Å². The molecule has 0 fully saturated rings. The summed E-state index contributed by atoms with van der Waals surface area (Å²) in [6.45, 7) is 14.6. The second-order valence-corrected chi connectivity index (χ2v) is 6.62. The molecule has 1 aromatic rings. The van der Waals surface area contributed by atoms with Crippen molar-refractivity contribution in [3.05, 3.63) is 34.9 Å². The molecular formula is C17H29N. The third-order valence-corrected chi connectivity index (χ3v) is 3.61. The second-order valence-electron chi connectivity index (χ2n) is 6.62. The van der Waals surface area contributed by atoms with Gasteiger partial charge in [0, 0.05) is 6.04 Å². The van der Waals surface area contributed by atoms with Crippen molar-refractivity contribution in [1.29, 1.82) is 0 Å². The molecule has 0 atom stereocenters. The second kappa shape index (κ2) is 6.38. The minimum absolute atomic E-state index is 0.365. The summed E-state index contributed by atoms with van der Waals surface area (Å²) >= 11 is 0. The monoisotopic (exact) mass is 247 g/mol. The van der Waals surface area contributed by atoms with E-state index in [1.807, 2.05) is 0 Å². The van der Waals surface area contributed by atoms with Crippen molar-refractivity contribution < 1.29 is 0 Å². The summed E-state index contributed by atoms with van der Waals surface area (Å²) in [5.41, 5.74) is 4.62. The van der Waals surface area contributed by atoms with E-state index in [0.29, 0.717) is 11.5 Å². The smallest absolute Gasteiger partial charge is 0.00103 e. The van der Waals surface area contributed by atoms with Crippen LogP contribution in [0.2, 0.25) is 0 Å². The van der Waals surface area contributed by atoms with Gasteiger partial charge < -0.3 is 5.32 Å². The Bertz CT molecular complexity index is 377. The van der Waals surface area contributed by atoms with Crippen molar-refractivity contribution >= 4 is 0 Å². The van der Waals surface area contributed by atoms with Gasteiger partial charge in [0.2, 0.25) is 0 Å². The summed E-state index contributed by atoms with van der Waals surface area (Å²) < 4.78 is 0. The first-order chi connectivity index (χ1) is 8.30. The van der Waals surface area contributed by atoms with Crippen LogP contribution in [0.25, 0.3) is 0 Å². The molecule has 0 unspecified atom stereocenters. The lowest BCUT2D eigenvalue weighted by atomic mass is 9.82. The molecule has 0 spiro atoms. The molecule has 0 heterocycles. The topological polar surface area (TPSA) is 12.0 Å². The van der Waals surface area contributed by atoms with Gasteiger partial charge in [-0.05, 0) is 55.3 Å². The van der Waals surface area contributed by atoms with E-state index in [9.17, 15) is 0 Å². The van der Waals surface area contributed by atoms with Crippen molar-refractivity contribution in [3.63, 3.8) is 0 Å². The van der Waals surface area contributed by atoms with E-state index < -0.39 is 0 Å². The van der Waals surface area contributed by atoms with E-state index in [2.05, 4.69) is 65.1 Å². The molecule has 1 aromatic carbocycles. The van der Waals surface area contributed by atoms with Crippen LogP contribution in [0.4, 0.5) is 0 Å². The predicted molar refractivity (Wildman–Crippen MR) is 81.2 cm³/mol. The summed E-state index contributed by atoms with van der Waals surface area (Å²) in [7, 11) is 0. The van der Waals surface area contributed by atoms with Crippen LogP contribution in [-0.2, 0) is 6.42 Å². The summed E-state index contributed by atoms with van der Waals surface area (Å²) in [5, 5.41) is 3.51. The fourth-order valence-electron chi connectivity index (χ4n) is 2.25. The first-order valence-electron chi connectivity index (χ1n) is 7.10. The van der Waals surface area contributed by atoms with Gasteiger partial charge >= 0.3 is 0 Å². The highest BCUT2D eigenvalue weighted by atomic mass is 14.9. The van der Waals surface area contributed by atoms with Crippen LogP contribution < -0.4 is 5.32 Å². The molecule has 0 aliphatic heterocycles. The van der Waals surface area contributed by atoms with Gasteiger partial charge in [-0.15, -0.1) is 0 Å². The molecule has 102 valence electrons. The van der Waals surface area contributed by atoms with Crippen molar-refractivity contribution in [2.45, 2.75) is 60.4 Å². The number of nitrogens with one attached hydrogen (secondary N) is 1. The lowest BCUT2D eigenvalue weighted by Crippen LogP contribution is -2.28. The number of hydrogen-bond donors (Lipinski definition) is 1. The van der Waals surface area contributed by atoms with E-state index in [4.69, 9.17) is 0 Å². The molecular weight excluding hydrogens is 218 g/mol. The largest absolute Gasteiger partial charge is 0.315 e. The zero-order chi connectivity index (χ0) is 13.8. The Morgan fingerprint density at radius 2 is 1.78 bits per heavy atom. The molecule has 0 aliphatic carbocycles. The minimum atomic E-state index is 0.365. The minimum Gasteiger partial charge on any atom is -0.315 e. The quantitative estimate of drug-likeness (QED) is 0.792. The van der Waals surface area contributed by atoms with Crippen LogP contribution >= 0.6 is 0 Å². The lowest BCUT2D eigenvalue weighted by molar-refractivity contribution is 0.320. The average molecular weight is 247 g/mol. The number of benzene rings is 1. The maximum Gasteiger partial charge on any atom is 0.00103 e. The van der Waals surface area contributed by atoms with E-state index in [1.165, 1.54) is 23.1 Å². The highest BCUT2D eigenvalue weighted by Gasteiger charge is 2.18.